The van der Waals surface area contributed by atoms with Crippen molar-refractivity contribution in [3.05, 3.63) is 30.1 Å². The molecule has 0 radical (unpaired) electrons. The van der Waals surface area contributed by atoms with Crippen molar-refractivity contribution in [3.63, 3.8) is 0 Å². The maximum absolute atomic E-state index is 13.0. The quantitative estimate of drug-likeness (QED) is 0.633. The molecule has 0 bridgehead atoms. The molecule has 1 saturated heterocycles. The lowest BCUT2D eigenvalue weighted by Gasteiger charge is -2.22. The number of carbonyl (C=O) groups is 3. The van der Waals surface area contributed by atoms with E-state index in [9.17, 15) is 18.8 Å². The van der Waals surface area contributed by atoms with Gasteiger partial charge in [0.1, 0.15) is 24.0 Å². The maximum atomic E-state index is 13.0. The second-order valence-electron chi connectivity index (χ2n) is 6.32. The Morgan fingerprint density at radius 1 is 1.22 bits per heavy atom. The number of nitrogens with zero attached hydrogens (tertiary/aromatic N) is 2. The molecule has 0 N–H and O–H groups in total. The van der Waals surface area contributed by atoms with Crippen LogP contribution in [0.1, 0.15) is 27.7 Å². The van der Waals surface area contributed by atoms with Crippen molar-refractivity contribution in [2.45, 2.75) is 39.3 Å². The van der Waals surface area contributed by atoms with Gasteiger partial charge in [-0.2, -0.15) is 0 Å². The van der Waals surface area contributed by atoms with Crippen molar-refractivity contribution < 1.29 is 23.5 Å². The van der Waals surface area contributed by atoms with Crippen molar-refractivity contribution in [3.8, 4) is 0 Å². The van der Waals surface area contributed by atoms with Gasteiger partial charge >= 0.3 is 12.0 Å². The van der Waals surface area contributed by atoms with E-state index in [4.69, 9.17) is 4.74 Å². The van der Waals surface area contributed by atoms with Gasteiger partial charge in [0.25, 0.3) is 5.91 Å². The molecule has 6 nitrogen and oxygen atoms in total. The molecule has 3 amide bonds. The van der Waals surface area contributed by atoms with E-state index in [1.54, 1.807) is 27.7 Å². The minimum atomic E-state index is -0.768. The first-order chi connectivity index (χ1) is 10.6. The fourth-order valence-electron chi connectivity index (χ4n) is 2.31. The first kappa shape index (κ1) is 16.9. The van der Waals surface area contributed by atoms with Gasteiger partial charge in [-0.3, -0.25) is 19.4 Å². The van der Waals surface area contributed by atoms with Crippen LogP contribution >= 0.6 is 0 Å². The molecule has 0 aliphatic carbocycles. The van der Waals surface area contributed by atoms with E-state index in [1.165, 1.54) is 29.2 Å². The van der Waals surface area contributed by atoms with Crippen molar-refractivity contribution in [1.82, 2.24) is 4.90 Å². The summed E-state index contributed by atoms with van der Waals surface area (Å²) < 4.78 is 18.1. The van der Waals surface area contributed by atoms with Gasteiger partial charge in [0, 0.05) is 5.69 Å². The van der Waals surface area contributed by atoms with E-state index in [0.717, 1.165) is 4.90 Å². The van der Waals surface area contributed by atoms with Crippen LogP contribution in [-0.4, -0.2) is 41.0 Å². The van der Waals surface area contributed by atoms with Crippen LogP contribution in [0.15, 0.2) is 24.3 Å². The second-order valence-corrected chi connectivity index (χ2v) is 6.32. The molecular weight excluding hydrogens is 303 g/mol. The van der Waals surface area contributed by atoms with Gasteiger partial charge in [0.2, 0.25) is 0 Å². The molecule has 0 aromatic heterocycles. The Hall–Kier alpha value is -2.44. The van der Waals surface area contributed by atoms with E-state index in [-0.39, 0.29) is 0 Å². The van der Waals surface area contributed by atoms with Crippen LogP contribution in [0, 0.1) is 5.82 Å². The fraction of sp³-hybridized carbons (Fsp3) is 0.438. The highest BCUT2D eigenvalue weighted by Crippen LogP contribution is 2.26. The summed E-state index contributed by atoms with van der Waals surface area (Å²) in [4.78, 5) is 38.6. The molecule has 0 spiro atoms. The lowest BCUT2D eigenvalue weighted by Crippen LogP contribution is -2.39. The summed E-state index contributed by atoms with van der Waals surface area (Å²) in [5.74, 6) is -1.59. The Morgan fingerprint density at radius 2 is 1.78 bits per heavy atom. The number of ether oxygens (including phenoxy) is 1. The van der Waals surface area contributed by atoms with Gasteiger partial charge in [-0.05, 0) is 52.0 Å². The maximum Gasteiger partial charge on any atom is 0.332 e. The highest BCUT2D eigenvalue weighted by Gasteiger charge is 2.44. The van der Waals surface area contributed by atoms with Gasteiger partial charge in [-0.1, -0.05) is 0 Å². The van der Waals surface area contributed by atoms with E-state index >= 15 is 0 Å². The number of halogens is 1. The lowest BCUT2D eigenvalue weighted by atomic mass is 10.2. The topological polar surface area (TPSA) is 66.9 Å². The number of rotatable bonds is 3. The molecule has 7 heteroatoms. The molecule has 2 rings (SSSR count). The van der Waals surface area contributed by atoms with Gasteiger partial charge in [-0.15, -0.1) is 0 Å². The molecule has 1 atom stereocenters. The zero-order valence-electron chi connectivity index (χ0n) is 13.5. The summed E-state index contributed by atoms with van der Waals surface area (Å²) in [6.45, 7) is 6.21. The Bertz CT molecular complexity index is 636. The fourth-order valence-corrected chi connectivity index (χ4v) is 2.31. The highest BCUT2D eigenvalue weighted by molar-refractivity contribution is 6.15. The summed E-state index contributed by atoms with van der Waals surface area (Å²) in [6.07, 6.45) is 0. The van der Waals surface area contributed by atoms with Crippen LogP contribution in [0.3, 0.4) is 0 Å². The molecule has 1 fully saturated rings. The minimum Gasteiger partial charge on any atom is -0.459 e. The number of carbonyl (C=O) groups excluding carboxylic acids is 3. The van der Waals surface area contributed by atoms with Crippen LogP contribution in [0.4, 0.5) is 14.9 Å². The Labute approximate surface area is 133 Å². The Morgan fingerprint density at radius 3 is 2.30 bits per heavy atom. The third-order valence-electron chi connectivity index (χ3n) is 3.26. The van der Waals surface area contributed by atoms with Crippen molar-refractivity contribution in [1.29, 1.82) is 0 Å². The van der Waals surface area contributed by atoms with E-state index in [2.05, 4.69) is 0 Å². The molecule has 1 heterocycles. The predicted octanol–water partition coefficient (Wildman–Crippen LogP) is 2.32. The SMILES string of the molecule is C[C@H]1C(=O)N(CC(=O)OC(C)(C)C)C(=O)N1c1ccc(F)cc1. The first-order valence-corrected chi connectivity index (χ1v) is 7.22. The zero-order chi connectivity index (χ0) is 17.4. The lowest BCUT2D eigenvalue weighted by molar-refractivity contribution is -0.157. The van der Waals surface area contributed by atoms with Crippen molar-refractivity contribution in [2.75, 3.05) is 11.4 Å². The molecule has 23 heavy (non-hydrogen) atoms. The van der Waals surface area contributed by atoms with Gasteiger partial charge in [0.15, 0.2) is 0 Å². The average Bonchev–Trinajstić information content (AvgIpc) is 2.62. The minimum absolute atomic E-state index is 0.393. The number of imide groups is 1. The summed E-state index contributed by atoms with van der Waals surface area (Å²) >= 11 is 0. The van der Waals surface area contributed by atoms with E-state index < -0.39 is 41.9 Å². The largest absolute Gasteiger partial charge is 0.459 e. The number of hydrogen-bond acceptors (Lipinski definition) is 4. The standard InChI is InChI=1S/C16H19FN2O4/c1-10-14(21)18(9-13(20)23-16(2,3)4)15(22)19(10)12-7-5-11(17)6-8-12/h5-8,10H,9H2,1-4H3/t10-/m0/s1. The Balaban J connectivity index is 2.18. The molecule has 0 saturated carbocycles. The molecule has 0 unspecified atom stereocenters. The van der Waals surface area contributed by atoms with E-state index in [0.29, 0.717) is 5.69 Å². The number of hydrogen-bond donors (Lipinski definition) is 0. The summed E-state index contributed by atoms with van der Waals surface area (Å²) in [5, 5.41) is 0. The number of amides is 3. The number of esters is 1. The Kier molecular flexibility index (Phi) is 4.40. The smallest absolute Gasteiger partial charge is 0.332 e. The van der Waals surface area contributed by atoms with Crippen LogP contribution in [0.5, 0.6) is 0 Å². The van der Waals surface area contributed by atoms with E-state index in [1.807, 2.05) is 0 Å². The molecule has 1 aromatic carbocycles. The molecule has 1 aliphatic rings. The van der Waals surface area contributed by atoms with Crippen molar-refractivity contribution >= 4 is 23.6 Å². The average molecular weight is 322 g/mol. The zero-order valence-corrected chi connectivity index (χ0v) is 13.5. The third kappa shape index (κ3) is 3.67. The number of urea groups is 1. The van der Waals surface area contributed by atoms with Gasteiger partial charge < -0.3 is 4.74 Å². The van der Waals surface area contributed by atoms with Gasteiger partial charge in [-0.25, -0.2) is 9.18 Å². The molecule has 124 valence electrons. The third-order valence-corrected chi connectivity index (χ3v) is 3.26. The monoisotopic (exact) mass is 322 g/mol. The first-order valence-electron chi connectivity index (χ1n) is 7.22. The van der Waals surface area contributed by atoms with Crippen LogP contribution < -0.4 is 4.90 Å². The van der Waals surface area contributed by atoms with Crippen molar-refractivity contribution in [2.24, 2.45) is 0 Å². The number of benzene rings is 1. The van der Waals surface area contributed by atoms with Crippen LogP contribution in [0.25, 0.3) is 0 Å². The highest BCUT2D eigenvalue weighted by atomic mass is 19.1. The number of anilines is 1. The predicted molar refractivity (Wildman–Crippen MR) is 81.3 cm³/mol. The molecule has 1 aliphatic heterocycles. The van der Waals surface area contributed by atoms with Crippen LogP contribution in [0.2, 0.25) is 0 Å². The molecular formula is C16H19FN2O4. The second kappa shape index (κ2) is 5.98. The summed E-state index contributed by atoms with van der Waals surface area (Å²) in [6, 6.07) is 3.84. The summed E-state index contributed by atoms with van der Waals surface area (Å²) in [5.41, 5.74) is -0.311. The normalized spacial score (nSPS) is 18.6. The summed E-state index contributed by atoms with van der Waals surface area (Å²) in [7, 11) is 0. The molecule has 1 aromatic rings. The van der Waals surface area contributed by atoms with Gasteiger partial charge in [0.05, 0.1) is 0 Å². The van der Waals surface area contributed by atoms with Crippen LogP contribution in [-0.2, 0) is 14.3 Å².